The van der Waals surface area contributed by atoms with E-state index in [4.69, 9.17) is 16.2 Å². The van der Waals surface area contributed by atoms with Gasteiger partial charge < -0.3 is 42.6 Å². The van der Waals surface area contributed by atoms with Gasteiger partial charge in [0.25, 0.3) is 0 Å². The van der Waals surface area contributed by atoms with Crippen LogP contribution in [0.1, 0.15) is 62.3 Å². The third-order valence-electron chi connectivity index (χ3n) is 6.81. The number of aliphatic hydroxyl groups is 1. The molecule has 0 bridgehead atoms. The Hall–Kier alpha value is -4.57. The van der Waals surface area contributed by atoms with Gasteiger partial charge in [-0.3, -0.25) is 24.2 Å². The van der Waals surface area contributed by atoms with Crippen molar-refractivity contribution in [3.63, 3.8) is 0 Å². The molecule has 0 aliphatic heterocycles. The van der Waals surface area contributed by atoms with Crippen molar-refractivity contribution in [3.8, 4) is 0 Å². The van der Waals surface area contributed by atoms with Crippen molar-refractivity contribution < 1.29 is 33.8 Å². The van der Waals surface area contributed by atoms with Gasteiger partial charge in [0, 0.05) is 18.1 Å². The average Bonchev–Trinajstić information content (AvgIpc) is 3.57. The number of alkyl carbamates (subject to hydrolysis) is 1. The largest absolute Gasteiger partial charge is 0.445 e. The van der Waals surface area contributed by atoms with Gasteiger partial charge in [0.1, 0.15) is 24.7 Å². The number of amides is 4. The maximum atomic E-state index is 13.4. The Bertz CT molecular complexity index is 1330. The van der Waals surface area contributed by atoms with Crippen LogP contribution in [0.5, 0.6) is 0 Å². The van der Waals surface area contributed by atoms with E-state index >= 15 is 0 Å². The van der Waals surface area contributed by atoms with Crippen molar-refractivity contribution in [2.24, 2.45) is 28.3 Å². The number of Topliss-reactive ketones (excluding diaryl/α,β-unsaturated/α-hetero) is 1. The molecule has 258 valence electrons. The Balaban J connectivity index is 2.11. The molecule has 0 saturated carbocycles. The number of ether oxygens (including phenoxy) is 1. The van der Waals surface area contributed by atoms with E-state index in [2.05, 4.69) is 31.2 Å². The van der Waals surface area contributed by atoms with E-state index < -0.39 is 60.5 Å². The molecular formula is C31H46N8O7S. The number of hydrogen-bond donors (Lipinski definition) is 7. The molecule has 2 rings (SSSR count). The summed E-state index contributed by atoms with van der Waals surface area (Å²) in [6, 6.07) is 4.32. The molecule has 16 heteroatoms. The number of thiazole rings is 1. The maximum Gasteiger partial charge on any atom is 0.408 e. The molecule has 0 aliphatic carbocycles. The first-order chi connectivity index (χ1) is 22.3. The van der Waals surface area contributed by atoms with Crippen LogP contribution in [0, 0.1) is 11.8 Å². The van der Waals surface area contributed by atoms with Gasteiger partial charge in [-0.25, -0.2) is 9.78 Å². The van der Waals surface area contributed by atoms with Crippen molar-refractivity contribution >= 4 is 46.9 Å². The number of aromatic nitrogens is 1. The fraction of sp³-hybridized carbons (Fsp3) is 0.516. The van der Waals surface area contributed by atoms with Crippen LogP contribution in [0.3, 0.4) is 0 Å². The second-order valence-corrected chi connectivity index (χ2v) is 12.5. The fourth-order valence-corrected chi connectivity index (χ4v) is 5.02. The summed E-state index contributed by atoms with van der Waals surface area (Å²) in [7, 11) is 0. The van der Waals surface area contributed by atoms with Crippen molar-refractivity contribution in [1.29, 1.82) is 0 Å². The molecule has 1 heterocycles. The van der Waals surface area contributed by atoms with Crippen LogP contribution in [0.15, 0.2) is 46.9 Å². The van der Waals surface area contributed by atoms with Crippen LogP contribution in [0.25, 0.3) is 0 Å². The molecule has 9 N–H and O–H groups in total. The zero-order valence-corrected chi connectivity index (χ0v) is 27.9. The SMILES string of the molecule is CC(C)C[C@H](NC(=O)[C@@H](NC(=O)[C@H](CO)NC(=O)[C@H](CCCN=C(N)N)NC(=O)OCc1ccccc1)C(C)C)C(=O)c1nccs1. The van der Waals surface area contributed by atoms with Gasteiger partial charge in [-0.15, -0.1) is 11.3 Å². The number of benzene rings is 1. The molecule has 47 heavy (non-hydrogen) atoms. The van der Waals surface area contributed by atoms with E-state index in [1.165, 1.54) is 6.20 Å². The van der Waals surface area contributed by atoms with Crippen molar-refractivity contribution in [1.82, 2.24) is 26.3 Å². The van der Waals surface area contributed by atoms with E-state index in [1.54, 1.807) is 43.5 Å². The summed E-state index contributed by atoms with van der Waals surface area (Å²) >= 11 is 1.16. The molecule has 0 spiro atoms. The van der Waals surface area contributed by atoms with Crippen LogP contribution in [0.2, 0.25) is 0 Å². The van der Waals surface area contributed by atoms with E-state index in [0.29, 0.717) is 6.42 Å². The predicted octanol–water partition coefficient (Wildman–Crippen LogP) is 0.823. The molecular weight excluding hydrogens is 628 g/mol. The lowest BCUT2D eigenvalue weighted by atomic mass is 9.98. The Labute approximate surface area is 278 Å². The summed E-state index contributed by atoms with van der Waals surface area (Å²) in [6.07, 6.45) is 1.34. The smallest absolute Gasteiger partial charge is 0.408 e. The fourth-order valence-electron chi connectivity index (χ4n) is 4.39. The summed E-state index contributed by atoms with van der Waals surface area (Å²) in [5, 5.41) is 22.2. The number of rotatable bonds is 19. The number of guanidine groups is 1. The normalized spacial score (nSPS) is 13.5. The quantitative estimate of drug-likeness (QED) is 0.0479. The van der Waals surface area contributed by atoms with Crippen molar-refractivity contribution in [3.05, 3.63) is 52.5 Å². The molecule has 1 aromatic heterocycles. The molecule has 0 aliphatic rings. The Morgan fingerprint density at radius 2 is 1.57 bits per heavy atom. The molecule has 2 aromatic rings. The topological polar surface area (TPSA) is 240 Å². The second-order valence-electron chi connectivity index (χ2n) is 11.6. The Kier molecular flexibility index (Phi) is 16.3. The van der Waals surface area contributed by atoms with Crippen molar-refractivity contribution in [2.75, 3.05) is 13.2 Å². The summed E-state index contributed by atoms with van der Waals surface area (Å²) in [6.45, 7) is 6.56. The van der Waals surface area contributed by atoms with Gasteiger partial charge in [-0.2, -0.15) is 0 Å². The first-order valence-electron chi connectivity index (χ1n) is 15.3. The van der Waals surface area contributed by atoms with Gasteiger partial charge in [-0.05, 0) is 36.7 Å². The highest BCUT2D eigenvalue weighted by Crippen LogP contribution is 2.15. The molecule has 0 fully saturated rings. The lowest BCUT2D eigenvalue weighted by molar-refractivity contribution is -0.134. The molecule has 1 aromatic carbocycles. The minimum atomic E-state index is -1.47. The number of nitrogens with two attached hydrogens (primary N) is 2. The number of carbonyl (C=O) groups excluding carboxylic acids is 5. The number of ketones is 1. The Morgan fingerprint density at radius 3 is 2.15 bits per heavy atom. The number of aliphatic hydroxyl groups excluding tert-OH is 1. The van der Waals surface area contributed by atoms with E-state index in [9.17, 15) is 29.1 Å². The van der Waals surface area contributed by atoms with Gasteiger partial charge in [0.05, 0.1) is 12.6 Å². The first-order valence-corrected chi connectivity index (χ1v) is 16.2. The summed E-state index contributed by atoms with van der Waals surface area (Å²) in [4.78, 5) is 73.4. The highest BCUT2D eigenvalue weighted by Gasteiger charge is 2.33. The number of hydrogen-bond acceptors (Lipinski definition) is 10. The summed E-state index contributed by atoms with van der Waals surface area (Å²) in [5.74, 6) is -3.05. The maximum absolute atomic E-state index is 13.4. The first kappa shape index (κ1) is 38.6. The molecule has 4 atom stereocenters. The lowest BCUT2D eigenvalue weighted by Gasteiger charge is -2.27. The third kappa shape index (κ3) is 13.8. The summed E-state index contributed by atoms with van der Waals surface area (Å²) in [5.41, 5.74) is 11.5. The van der Waals surface area contributed by atoms with E-state index in [0.717, 1.165) is 16.9 Å². The number of nitrogens with zero attached hydrogens (tertiary/aromatic N) is 2. The molecule has 4 amide bonds. The Morgan fingerprint density at radius 1 is 0.915 bits per heavy atom. The monoisotopic (exact) mass is 674 g/mol. The van der Waals surface area contributed by atoms with Crippen LogP contribution < -0.4 is 32.7 Å². The zero-order valence-electron chi connectivity index (χ0n) is 27.1. The minimum absolute atomic E-state index is 0.0389. The average molecular weight is 675 g/mol. The third-order valence-corrected chi connectivity index (χ3v) is 7.60. The molecule has 15 nitrogen and oxygen atoms in total. The van der Waals surface area contributed by atoms with Crippen LogP contribution >= 0.6 is 11.3 Å². The van der Waals surface area contributed by atoms with Crippen LogP contribution in [-0.4, -0.2) is 83.0 Å². The van der Waals surface area contributed by atoms with E-state index in [1.807, 2.05) is 19.9 Å². The zero-order chi connectivity index (χ0) is 34.9. The number of carbonyl (C=O) groups is 5. The number of aliphatic imine (C=N–C) groups is 1. The van der Waals surface area contributed by atoms with Gasteiger partial charge in [-0.1, -0.05) is 58.0 Å². The molecule has 0 unspecified atom stereocenters. The lowest BCUT2D eigenvalue weighted by Crippen LogP contribution is -2.59. The van der Waals surface area contributed by atoms with Gasteiger partial charge in [0.15, 0.2) is 11.0 Å². The van der Waals surface area contributed by atoms with Crippen molar-refractivity contribution in [2.45, 2.75) is 77.7 Å². The molecule has 0 radical (unpaired) electrons. The second kappa shape index (κ2) is 19.8. The molecule has 0 saturated heterocycles. The highest BCUT2D eigenvalue weighted by atomic mass is 32.1. The number of nitrogens with one attached hydrogen (secondary N) is 4. The van der Waals surface area contributed by atoms with Gasteiger partial charge in [0.2, 0.25) is 23.5 Å². The standard InChI is InChI=1S/C31H46N8O7S/c1-18(2)15-22(25(41)29-34-13-14-47-29)36-28(44)24(19(3)4)39-27(43)23(16-40)37-26(42)21(11-8-12-35-30(32)33)38-31(45)46-17-20-9-6-5-7-10-20/h5-7,9-10,13-14,18-19,21-24,40H,8,11-12,15-17H2,1-4H3,(H,36,44)(H,37,42)(H,38,45)(H,39,43)(H4,32,33,35)/t21-,22-,23-,24-/m0/s1. The van der Waals surface area contributed by atoms with Crippen LogP contribution in [-0.2, 0) is 25.7 Å². The van der Waals surface area contributed by atoms with Crippen LogP contribution in [0.4, 0.5) is 4.79 Å². The van der Waals surface area contributed by atoms with E-state index in [-0.39, 0.29) is 48.7 Å². The summed E-state index contributed by atoms with van der Waals surface area (Å²) < 4.78 is 5.24. The highest BCUT2D eigenvalue weighted by molar-refractivity contribution is 7.11. The minimum Gasteiger partial charge on any atom is -0.445 e. The predicted molar refractivity (Wildman–Crippen MR) is 177 cm³/mol. The van der Waals surface area contributed by atoms with Gasteiger partial charge >= 0.3 is 6.09 Å².